The lowest BCUT2D eigenvalue weighted by Crippen LogP contribution is -2.10. The van der Waals surface area contributed by atoms with Crippen molar-refractivity contribution in [3.63, 3.8) is 0 Å². The lowest BCUT2D eigenvalue weighted by Gasteiger charge is -2.02. The summed E-state index contributed by atoms with van der Waals surface area (Å²) in [5.74, 6) is 1.67. The molecular formula is C9H14N2O. The quantitative estimate of drug-likeness (QED) is 0.715. The van der Waals surface area contributed by atoms with Crippen LogP contribution in [0.15, 0.2) is 10.6 Å². The molecule has 0 radical (unpaired) electrons. The molecule has 3 nitrogen and oxygen atoms in total. The minimum Gasteiger partial charge on any atom is -0.361 e. The molecule has 0 amide bonds. The van der Waals surface area contributed by atoms with E-state index in [1.165, 1.54) is 6.42 Å². The third-order valence-corrected chi connectivity index (χ3v) is 2.34. The maximum absolute atomic E-state index is 5.00. The summed E-state index contributed by atoms with van der Waals surface area (Å²) in [5, 5.41) is 7.32. The highest BCUT2D eigenvalue weighted by Gasteiger charge is 2.16. The highest BCUT2D eigenvalue weighted by atomic mass is 16.5. The summed E-state index contributed by atoms with van der Waals surface area (Å²) in [7, 11) is 0. The third-order valence-electron chi connectivity index (χ3n) is 2.34. The van der Waals surface area contributed by atoms with E-state index in [0.717, 1.165) is 36.9 Å². The highest BCUT2D eigenvalue weighted by Crippen LogP contribution is 2.14. The van der Waals surface area contributed by atoms with Crippen molar-refractivity contribution in [1.82, 2.24) is 10.5 Å². The normalized spacial score (nSPS) is 23.2. The first-order chi connectivity index (χ1) is 5.84. The highest BCUT2D eigenvalue weighted by molar-refractivity contribution is 5.04. The van der Waals surface area contributed by atoms with E-state index in [4.69, 9.17) is 4.52 Å². The molecule has 2 rings (SSSR count). The first-order valence-corrected chi connectivity index (χ1v) is 4.47. The van der Waals surface area contributed by atoms with E-state index in [-0.39, 0.29) is 0 Å². The molecule has 12 heavy (non-hydrogen) atoms. The van der Waals surface area contributed by atoms with Crippen LogP contribution in [0.4, 0.5) is 0 Å². The Hall–Kier alpha value is -0.830. The molecule has 3 heteroatoms. The van der Waals surface area contributed by atoms with Gasteiger partial charge in [-0.2, -0.15) is 0 Å². The van der Waals surface area contributed by atoms with Gasteiger partial charge in [0.15, 0.2) is 0 Å². The molecular weight excluding hydrogens is 152 g/mol. The topological polar surface area (TPSA) is 38.1 Å². The lowest BCUT2D eigenvalue weighted by molar-refractivity contribution is 0.385. The summed E-state index contributed by atoms with van der Waals surface area (Å²) in [6, 6.07) is 2.03. The van der Waals surface area contributed by atoms with Gasteiger partial charge in [0.25, 0.3) is 0 Å². The van der Waals surface area contributed by atoms with Gasteiger partial charge >= 0.3 is 0 Å². The number of rotatable bonds is 2. The van der Waals surface area contributed by atoms with Gasteiger partial charge in [-0.15, -0.1) is 0 Å². The van der Waals surface area contributed by atoms with Gasteiger partial charge in [0.05, 0.1) is 5.69 Å². The monoisotopic (exact) mass is 166 g/mol. The van der Waals surface area contributed by atoms with Crippen LogP contribution in [0.5, 0.6) is 0 Å². The minimum atomic E-state index is 0.759. The average molecular weight is 166 g/mol. The van der Waals surface area contributed by atoms with Gasteiger partial charge in [-0.3, -0.25) is 0 Å². The third kappa shape index (κ3) is 1.67. The van der Waals surface area contributed by atoms with Gasteiger partial charge in [-0.25, -0.2) is 0 Å². The Bertz CT molecular complexity index is 251. The van der Waals surface area contributed by atoms with E-state index >= 15 is 0 Å². The van der Waals surface area contributed by atoms with Crippen molar-refractivity contribution < 1.29 is 4.52 Å². The minimum absolute atomic E-state index is 0.759. The maximum atomic E-state index is 5.00. The van der Waals surface area contributed by atoms with Gasteiger partial charge in [0.2, 0.25) is 0 Å². The number of aryl methyl sites for hydroxylation is 1. The Morgan fingerprint density at radius 2 is 2.67 bits per heavy atom. The number of nitrogens with zero attached hydrogens (tertiary/aromatic N) is 1. The fourth-order valence-electron chi connectivity index (χ4n) is 1.70. The number of aromatic nitrogens is 1. The Balaban J connectivity index is 1.94. The average Bonchev–Trinajstić information content (AvgIpc) is 2.63. The van der Waals surface area contributed by atoms with Crippen molar-refractivity contribution in [2.24, 2.45) is 5.92 Å². The van der Waals surface area contributed by atoms with E-state index in [1.807, 2.05) is 13.0 Å². The van der Waals surface area contributed by atoms with E-state index in [0.29, 0.717) is 0 Å². The van der Waals surface area contributed by atoms with E-state index in [9.17, 15) is 0 Å². The van der Waals surface area contributed by atoms with Crippen LogP contribution in [0.2, 0.25) is 0 Å². The summed E-state index contributed by atoms with van der Waals surface area (Å²) in [6.07, 6.45) is 2.33. The molecule has 0 spiro atoms. The molecule has 0 aromatic carbocycles. The van der Waals surface area contributed by atoms with Crippen LogP contribution in [-0.2, 0) is 6.42 Å². The lowest BCUT2D eigenvalue weighted by atomic mass is 10.0. The molecule has 1 unspecified atom stereocenters. The molecule has 2 heterocycles. The molecule has 0 aliphatic carbocycles. The van der Waals surface area contributed by atoms with Gasteiger partial charge in [-0.1, -0.05) is 5.16 Å². The molecule has 1 fully saturated rings. The second-order valence-electron chi connectivity index (χ2n) is 3.49. The fraction of sp³-hybridized carbons (Fsp3) is 0.667. The largest absolute Gasteiger partial charge is 0.361 e. The SMILES string of the molecule is Cc1cc(CC2CCNC2)no1. The summed E-state index contributed by atoms with van der Waals surface area (Å²) in [5.41, 5.74) is 1.10. The molecule has 1 aromatic heterocycles. The summed E-state index contributed by atoms with van der Waals surface area (Å²) >= 11 is 0. The Labute approximate surface area is 72.1 Å². The predicted octanol–water partition coefficient (Wildman–Crippen LogP) is 1.14. The van der Waals surface area contributed by atoms with Crippen LogP contribution in [0.1, 0.15) is 17.9 Å². The van der Waals surface area contributed by atoms with Crippen molar-refractivity contribution in [3.05, 3.63) is 17.5 Å². The standard InChI is InChI=1S/C9H14N2O/c1-7-4-9(11-12-7)5-8-2-3-10-6-8/h4,8,10H,2-3,5-6H2,1H3. The van der Waals surface area contributed by atoms with Gasteiger partial charge in [-0.05, 0) is 38.8 Å². The van der Waals surface area contributed by atoms with Crippen LogP contribution in [-0.4, -0.2) is 18.2 Å². The second-order valence-corrected chi connectivity index (χ2v) is 3.49. The first kappa shape index (κ1) is 7.80. The number of hydrogen-bond acceptors (Lipinski definition) is 3. The molecule has 1 aliphatic rings. The molecule has 1 saturated heterocycles. The van der Waals surface area contributed by atoms with Crippen LogP contribution in [0.3, 0.4) is 0 Å². The first-order valence-electron chi connectivity index (χ1n) is 4.47. The zero-order valence-electron chi connectivity index (χ0n) is 7.34. The summed E-state index contributed by atoms with van der Waals surface area (Å²) in [6.45, 7) is 4.22. The summed E-state index contributed by atoms with van der Waals surface area (Å²) < 4.78 is 5.00. The van der Waals surface area contributed by atoms with Crippen LogP contribution >= 0.6 is 0 Å². The van der Waals surface area contributed by atoms with E-state index < -0.39 is 0 Å². The van der Waals surface area contributed by atoms with Crippen molar-refractivity contribution in [2.45, 2.75) is 19.8 Å². The van der Waals surface area contributed by atoms with Crippen LogP contribution in [0, 0.1) is 12.8 Å². The zero-order chi connectivity index (χ0) is 8.39. The Kier molecular flexibility index (Phi) is 2.13. The van der Waals surface area contributed by atoms with Gasteiger partial charge in [0, 0.05) is 6.07 Å². The van der Waals surface area contributed by atoms with E-state index in [2.05, 4.69) is 10.5 Å². The number of hydrogen-bond donors (Lipinski definition) is 1. The molecule has 0 saturated carbocycles. The van der Waals surface area contributed by atoms with Crippen LogP contribution in [0.25, 0.3) is 0 Å². The Morgan fingerprint density at radius 3 is 3.25 bits per heavy atom. The van der Waals surface area contributed by atoms with Crippen molar-refractivity contribution in [1.29, 1.82) is 0 Å². The maximum Gasteiger partial charge on any atom is 0.133 e. The second kappa shape index (κ2) is 3.27. The smallest absolute Gasteiger partial charge is 0.133 e. The van der Waals surface area contributed by atoms with Crippen molar-refractivity contribution >= 4 is 0 Å². The Morgan fingerprint density at radius 1 is 1.75 bits per heavy atom. The molecule has 1 aromatic rings. The summed E-state index contributed by atoms with van der Waals surface area (Å²) in [4.78, 5) is 0. The predicted molar refractivity (Wildman–Crippen MR) is 45.9 cm³/mol. The number of nitrogens with one attached hydrogen (secondary N) is 1. The van der Waals surface area contributed by atoms with Crippen molar-refractivity contribution in [3.8, 4) is 0 Å². The zero-order valence-corrected chi connectivity index (χ0v) is 7.34. The van der Waals surface area contributed by atoms with Gasteiger partial charge in [0.1, 0.15) is 5.76 Å². The molecule has 1 atom stereocenters. The van der Waals surface area contributed by atoms with E-state index in [1.54, 1.807) is 0 Å². The fourth-order valence-corrected chi connectivity index (χ4v) is 1.70. The molecule has 0 bridgehead atoms. The molecule has 1 aliphatic heterocycles. The molecule has 1 N–H and O–H groups in total. The van der Waals surface area contributed by atoms with Crippen LogP contribution < -0.4 is 5.32 Å². The molecule has 66 valence electrons. The van der Waals surface area contributed by atoms with Crippen molar-refractivity contribution in [2.75, 3.05) is 13.1 Å². The van der Waals surface area contributed by atoms with Gasteiger partial charge < -0.3 is 9.84 Å².